The Labute approximate surface area is 150 Å². The van der Waals surface area contributed by atoms with Crippen molar-refractivity contribution < 1.29 is 19.1 Å². The molecule has 0 radical (unpaired) electrons. The van der Waals surface area contributed by atoms with E-state index in [0.29, 0.717) is 23.7 Å². The van der Waals surface area contributed by atoms with Crippen LogP contribution in [0.2, 0.25) is 5.02 Å². The fraction of sp³-hybridized carbons (Fsp3) is 0.167. The Balaban J connectivity index is 1.84. The summed E-state index contributed by atoms with van der Waals surface area (Å²) in [5, 5.41) is 5.62. The molecule has 0 saturated heterocycles. The lowest BCUT2D eigenvalue weighted by atomic mass is 10.1. The molecule has 2 rings (SSSR count). The van der Waals surface area contributed by atoms with E-state index < -0.39 is 17.8 Å². The maximum atomic E-state index is 11.9. The van der Waals surface area contributed by atoms with Crippen molar-refractivity contribution in [2.45, 2.75) is 6.42 Å². The van der Waals surface area contributed by atoms with E-state index in [1.165, 1.54) is 13.2 Å². The molecular weight excluding hydrogens is 344 g/mol. The fourth-order valence-electron chi connectivity index (χ4n) is 2.08. The number of carbonyl (C=O) groups excluding carboxylic acids is 3. The van der Waals surface area contributed by atoms with Crippen molar-refractivity contribution in [3.8, 4) is 0 Å². The highest BCUT2D eigenvalue weighted by Gasteiger charge is 2.14. The highest BCUT2D eigenvalue weighted by Crippen LogP contribution is 2.12. The smallest absolute Gasteiger partial charge is 0.337 e. The molecule has 2 aromatic rings. The summed E-state index contributed by atoms with van der Waals surface area (Å²) in [5.74, 6) is -2.08. The summed E-state index contributed by atoms with van der Waals surface area (Å²) in [4.78, 5) is 35.2. The van der Waals surface area contributed by atoms with Crippen molar-refractivity contribution in [3.63, 3.8) is 0 Å². The maximum absolute atomic E-state index is 11.9. The minimum Gasteiger partial charge on any atom is -0.465 e. The topological polar surface area (TPSA) is 84.5 Å². The molecule has 0 spiro atoms. The Kier molecular flexibility index (Phi) is 6.54. The largest absolute Gasteiger partial charge is 0.465 e. The van der Waals surface area contributed by atoms with Gasteiger partial charge in [-0.3, -0.25) is 9.59 Å². The molecule has 0 aliphatic heterocycles. The molecule has 0 heterocycles. The second-order valence-electron chi connectivity index (χ2n) is 5.16. The van der Waals surface area contributed by atoms with E-state index in [9.17, 15) is 14.4 Å². The van der Waals surface area contributed by atoms with Crippen LogP contribution in [0.15, 0.2) is 48.5 Å². The Morgan fingerprint density at radius 1 is 1.04 bits per heavy atom. The average molecular weight is 361 g/mol. The van der Waals surface area contributed by atoms with E-state index in [-0.39, 0.29) is 5.56 Å². The van der Waals surface area contributed by atoms with Gasteiger partial charge in [-0.25, -0.2) is 4.79 Å². The molecule has 0 aromatic heterocycles. The SMILES string of the molecule is COC(=O)c1cccc(NC(=O)C(=O)NCCc2ccc(Cl)cc2)c1. The molecule has 2 aromatic carbocycles. The second-order valence-corrected chi connectivity index (χ2v) is 5.60. The molecule has 7 heteroatoms. The van der Waals surface area contributed by atoms with Crippen LogP contribution < -0.4 is 10.6 Å². The van der Waals surface area contributed by atoms with Gasteiger partial charge in [0.2, 0.25) is 0 Å². The summed E-state index contributed by atoms with van der Waals surface area (Å²) in [6, 6.07) is 13.4. The van der Waals surface area contributed by atoms with Gasteiger partial charge in [-0.1, -0.05) is 29.8 Å². The van der Waals surface area contributed by atoms with Crippen LogP contribution in [0.4, 0.5) is 5.69 Å². The third-order valence-corrected chi connectivity index (χ3v) is 3.61. The first-order valence-corrected chi connectivity index (χ1v) is 7.89. The Morgan fingerprint density at radius 2 is 1.76 bits per heavy atom. The lowest BCUT2D eigenvalue weighted by Gasteiger charge is -2.08. The molecule has 2 amide bonds. The van der Waals surface area contributed by atoms with Gasteiger partial charge in [-0.05, 0) is 42.3 Å². The van der Waals surface area contributed by atoms with E-state index in [1.807, 2.05) is 12.1 Å². The molecule has 0 bridgehead atoms. The normalized spacial score (nSPS) is 10.0. The van der Waals surface area contributed by atoms with Crippen molar-refractivity contribution in [1.82, 2.24) is 5.32 Å². The molecule has 25 heavy (non-hydrogen) atoms. The van der Waals surface area contributed by atoms with E-state index in [1.54, 1.807) is 30.3 Å². The van der Waals surface area contributed by atoms with Crippen molar-refractivity contribution in [1.29, 1.82) is 0 Å². The molecule has 130 valence electrons. The van der Waals surface area contributed by atoms with Crippen LogP contribution in [0.25, 0.3) is 0 Å². The maximum Gasteiger partial charge on any atom is 0.337 e. The van der Waals surface area contributed by atoms with Crippen LogP contribution in [0.1, 0.15) is 15.9 Å². The number of benzene rings is 2. The Hall–Kier alpha value is -2.86. The number of methoxy groups -OCH3 is 1. The minimum absolute atomic E-state index is 0.281. The number of amides is 2. The number of nitrogens with one attached hydrogen (secondary N) is 2. The second kappa shape index (κ2) is 8.84. The van der Waals surface area contributed by atoms with E-state index >= 15 is 0 Å². The predicted molar refractivity (Wildman–Crippen MR) is 94.6 cm³/mol. The van der Waals surface area contributed by atoms with E-state index in [0.717, 1.165) is 5.56 Å². The molecule has 6 nitrogen and oxygen atoms in total. The monoisotopic (exact) mass is 360 g/mol. The van der Waals surface area contributed by atoms with Crippen molar-refractivity contribution in [2.24, 2.45) is 0 Å². The number of anilines is 1. The summed E-state index contributed by atoms with van der Waals surface area (Å²) in [6.07, 6.45) is 0.577. The first-order valence-electron chi connectivity index (χ1n) is 7.51. The van der Waals surface area contributed by atoms with Crippen molar-refractivity contribution in [3.05, 3.63) is 64.7 Å². The first-order chi connectivity index (χ1) is 12.0. The number of ether oxygens (including phenoxy) is 1. The summed E-state index contributed by atoms with van der Waals surface area (Å²) in [5.41, 5.74) is 1.61. The molecule has 0 unspecified atom stereocenters. The number of carbonyl (C=O) groups is 3. The van der Waals surface area contributed by atoms with Gasteiger partial charge in [-0.2, -0.15) is 0 Å². The lowest BCUT2D eigenvalue weighted by Crippen LogP contribution is -2.36. The first kappa shape index (κ1) is 18.5. The van der Waals surface area contributed by atoms with E-state index in [4.69, 9.17) is 11.6 Å². The number of hydrogen-bond acceptors (Lipinski definition) is 4. The standard InChI is InChI=1S/C18H17ClN2O4/c1-25-18(24)13-3-2-4-15(11-13)21-17(23)16(22)20-10-9-12-5-7-14(19)8-6-12/h2-8,11H,9-10H2,1H3,(H,20,22)(H,21,23). The third-order valence-electron chi connectivity index (χ3n) is 3.36. The fourth-order valence-corrected chi connectivity index (χ4v) is 2.21. The Morgan fingerprint density at radius 3 is 2.44 bits per heavy atom. The minimum atomic E-state index is -0.807. The molecule has 0 saturated carbocycles. The zero-order chi connectivity index (χ0) is 18.2. The van der Waals surface area contributed by atoms with Gasteiger partial charge >= 0.3 is 17.8 Å². The van der Waals surface area contributed by atoms with Gasteiger partial charge in [0.1, 0.15) is 0 Å². The van der Waals surface area contributed by atoms with Crippen LogP contribution in [0.3, 0.4) is 0 Å². The van der Waals surface area contributed by atoms with Crippen LogP contribution in [-0.4, -0.2) is 31.4 Å². The van der Waals surface area contributed by atoms with Crippen LogP contribution in [0.5, 0.6) is 0 Å². The Bertz CT molecular complexity index is 775. The highest BCUT2D eigenvalue weighted by atomic mass is 35.5. The van der Waals surface area contributed by atoms with Gasteiger partial charge in [0.25, 0.3) is 0 Å². The van der Waals surface area contributed by atoms with Gasteiger partial charge in [0, 0.05) is 17.3 Å². The quantitative estimate of drug-likeness (QED) is 0.633. The summed E-state index contributed by atoms with van der Waals surface area (Å²) in [7, 11) is 1.27. The third kappa shape index (κ3) is 5.61. The van der Waals surface area contributed by atoms with Gasteiger partial charge < -0.3 is 15.4 Å². The van der Waals surface area contributed by atoms with Gasteiger partial charge in [0.05, 0.1) is 12.7 Å². The van der Waals surface area contributed by atoms with Crippen LogP contribution in [0, 0.1) is 0 Å². The average Bonchev–Trinajstić information content (AvgIpc) is 2.62. The van der Waals surface area contributed by atoms with E-state index in [2.05, 4.69) is 15.4 Å². The molecule has 0 aliphatic rings. The van der Waals surface area contributed by atoms with Crippen molar-refractivity contribution in [2.75, 3.05) is 19.0 Å². The molecule has 0 aliphatic carbocycles. The number of hydrogen-bond donors (Lipinski definition) is 2. The number of esters is 1. The summed E-state index contributed by atoms with van der Waals surface area (Å²) in [6.45, 7) is 0.316. The molecule has 0 fully saturated rings. The molecule has 0 atom stereocenters. The molecular formula is C18H17ClN2O4. The van der Waals surface area contributed by atoms with Crippen LogP contribution in [-0.2, 0) is 20.7 Å². The van der Waals surface area contributed by atoms with Gasteiger partial charge in [-0.15, -0.1) is 0 Å². The summed E-state index contributed by atoms with van der Waals surface area (Å²) >= 11 is 5.80. The van der Waals surface area contributed by atoms with Crippen LogP contribution >= 0.6 is 11.6 Å². The predicted octanol–water partition coefficient (Wildman–Crippen LogP) is 2.42. The zero-order valence-electron chi connectivity index (χ0n) is 13.5. The lowest BCUT2D eigenvalue weighted by molar-refractivity contribution is -0.136. The summed E-state index contributed by atoms with van der Waals surface area (Å²) < 4.78 is 4.61. The number of rotatable bonds is 5. The zero-order valence-corrected chi connectivity index (χ0v) is 14.3. The van der Waals surface area contributed by atoms with Gasteiger partial charge in [0.15, 0.2) is 0 Å². The highest BCUT2D eigenvalue weighted by molar-refractivity contribution is 6.39. The molecule has 2 N–H and O–H groups in total. The van der Waals surface area contributed by atoms with Crippen molar-refractivity contribution >= 4 is 35.1 Å². The number of halogens is 1.